The molecule has 0 radical (unpaired) electrons. The van der Waals surface area contributed by atoms with Crippen molar-refractivity contribution in [1.82, 2.24) is 5.32 Å². The van der Waals surface area contributed by atoms with Gasteiger partial charge in [0.05, 0.1) is 13.7 Å². The van der Waals surface area contributed by atoms with Crippen LogP contribution in [0.15, 0.2) is 18.2 Å². The van der Waals surface area contributed by atoms with Crippen molar-refractivity contribution in [1.29, 1.82) is 0 Å². The van der Waals surface area contributed by atoms with Crippen molar-refractivity contribution >= 4 is 0 Å². The maximum absolute atomic E-state index is 5.83. The van der Waals surface area contributed by atoms with Crippen molar-refractivity contribution in [2.24, 2.45) is 0 Å². The van der Waals surface area contributed by atoms with Gasteiger partial charge in [0.1, 0.15) is 0 Å². The Hall–Kier alpha value is -1.66. The van der Waals surface area contributed by atoms with Crippen LogP contribution in [0.3, 0.4) is 0 Å². The predicted molar refractivity (Wildman–Crippen MR) is 78.5 cm³/mol. The van der Waals surface area contributed by atoms with E-state index in [0.29, 0.717) is 12.6 Å². The molecule has 0 aliphatic carbocycles. The molecule has 0 saturated carbocycles. The lowest BCUT2D eigenvalue weighted by Crippen LogP contribution is -2.22. The molecule has 1 N–H and O–H groups in total. The molecule has 3 heteroatoms. The lowest BCUT2D eigenvalue weighted by atomic mass is 10.1. The molecule has 19 heavy (non-hydrogen) atoms. The van der Waals surface area contributed by atoms with Gasteiger partial charge in [0.2, 0.25) is 0 Å². The maximum atomic E-state index is 5.83. The van der Waals surface area contributed by atoms with Gasteiger partial charge in [-0.2, -0.15) is 0 Å². The van der Waals surface area contributed by atoms with Gasteiger partial charge in [-0.3, -0.25) is 0 Å². The number of hydrogen-bond acceptors (Lipinski definition) is 3. The molecule has 0 amide bonds. The first kappa shape index (κ1) is 15.4. The normalized spacial score (nSPS) is 10.3. The quantitative estimate of drug-likeness (QED) is 0.576. The fraction of sp³-hybridized carbons (Fsp3) is 0.500. The predicted octanol–water partition coefficient (Wildman–Crippen LogP) is 2.99. The number of para-hydroxylation sites is 1. The zero-order chi connectivity index (χ0) is 14.1. The Morgan fingerprint density at radius 1 is 1.37 bits per heavy atom. The van der Waals surface area contributed by atoms with E-state index >= 15 is 0 Å². The number of rotatable bonds is 8. The number of methoxy groups -OCH3 is 1. The van der Waals surface area contributed by atoms with E-state index in [-0.39, 0.29) is 0 Å². The second kappa shape index (κ2) is 8.44. The fourth-order valence-electron chi connectivity index (χ4n) is 1.69. The van der Waals surface area contributed by atoms with Crippen molar-refractivity contribution in [2.75, 3.05) is 13.7 Å². The third kappa shape index (κ3) is 5.23. The summed E-state index contributed by atoms with van der Waals surface area (Å²) in [5.74, 6) is 4.20. The van der Waals surface area contributed by atoms with Gasteiger partial charge in [0, 0.05) is 24.6 Å². The summed E-state index contributed by atoms with van der Waals surface area (Å²) >= 11 is 0. The van der Waals surface area contributed by atoms with E-state index in [1.54, 1.807) is 7.11 Å². The van der Waals surface area contributed by atoms with Crippen LogP contribution in [0.25, 0.3) is 0 Å². The highest BCUT2D eigenvalue weighted by Gasteiger charge is 2.10. The van der Waals surface area contributed by atoms with E-state index < -0.39 is 0 Å². The summed E-state index contributed by atoms with van der Waals surface area (Å²) in [6.07, 6.45) is 6.82. The van der Waals surface area contributed by atoms with Gasteiger partial charge in [-0.25, -0.2) is 0 Å². The molecule has 1 aromatic rings. The van der Waals surface area contributed by atoms with Gasteiger partial charge >= 0.3 is 0 Å². The summed E-state index contributed by atoms with van der Waals surface area (Å²) in [5, 5.41) is 3.39. The molecule has 0 bridgehead atoms. The van der Waals surface area contributed by atoms with Crippen molar-refractivity contribution in [3.8, 4) is 23.8 Å². The molecule has 0 fully saturated rings. The summed E-state index contributed by atoms with van der Waals surface area (Å²) in [5.41, 5.74) is 1.11. The van der Waals surface area contributed by atoms with Crippen LogP contribution in [0.4, 0.5) is 0 Å². The first-order chi connectivity index (χ1) is 9.19. The number of terminal acetylenes is 1. The van der Waals surface area contributed by atoms with Crippen LogP contribution < -0.4 is 14.8 Å². The van der Waals surface area contributed by atoms with Crippen LogP contribution in [0.1, 0.15) is 32.3 Å². The Bertz CT molecular complexity index is 421. The molecule has 0 saturated heterocycles. The van der Waals surface area contributed by atoms with E-state index in [1.807, 2.05) is 12.1 Å². The van der Waals surface area contributed by atoms with Crippen LogP contribution in [-0.4, -0.2) is 19.8 Å². The molecule has 0 atom stereocenters. The average molecular weight is 261 g/mol. The number of hydrogen-bond donors (Lipinski definition) is 1. The van der Waals surface area contributed by atoms with Crippen LogP contribution in [0.5, 0.6) is 11.5 Å². The molecule has 104 valence electrons. The van der Waals surface area contributed by atoms with Crippen LogP contribution in [-0.2, 0) is 6.54 Å². The van der Waals surface area contributed by atoms with Gasteiger partial charge in [0.15, 0.2) is 11.5 Å². The van der Waals surface area contributed by atoms with E-state index in [0.717, 1.165) is 36.4 Å². The fourth-order valence-corrected chi connectivity index (χ4v) is 1.69. The summed E-state index contributed by atoms with van der Waals surface area (Å²) in [7, 11) is 1.66. The SMILES string of the molecule is C#CCCCOc1c(CNC(C)C)cccc1OC. The number of unbranched alkanes of at least 4 members (excludes halogenated alkanes) is 1. The van der Waals surface area contributed by atoms with Crippen molar-refractivity contribution in [3.63, 3.8) is 0 Å². The number of ether oxygens (including phenoxy) is 2. The largest absolute Gasteiger partial charge is 0.493 e. The Morgan fingerprint density at radius 2 is 2.16 bits per heavy atom. The van der Waals surface area contributed by atoms with E-state index in [1.165, 1.54) is 0 Å². The molecule has 0 aliphatic rings. The smallest absolute Gasteiger partial charge is 0.165 e. The van der Waals surface area contributed by atoms with Crippen LogP contribution in [0.2, 0.25) is 0 Å². The van der Waals surface area contributed by atoms with Gasteiger partial charge in [-0.05, 0) is 12.5 Å². The highest BCUT2D eigenvalue weighted by Crippen LogP contribution is 2.31. The lowest BCUT2D eigenvalue weighted by Gasteiger charge is -2.16. The van der Waals surface area contributed by atoms with Gasteiger partial charge in [-0.15, -0.1) is 12.3 Å². The minimum atomic E-state index is 0.431. The highest BCUT2D eigenvalue weighted by molar-refractivity contribution is 5.46. The van der Waals surface area contributed by atoms with Gasteiger partial charge in [0.25, 0.3) is 0 Å². The summed E-state index contributed by atoms with van der Waals surface area (Å²) in [6, 6.07) is 6.37. The van der Waals surface area contributed by atoms with Crippen molar-refractivity contribution in [3.05, 3.63) is 23.8 Å². The molecule has 0 aliphatic heterocycles. The Kier molecular flexibility index (Phi) is 6.84. The van der Waals surface area contributed by atoms with Gasteiger partial charge < -0.3 is 14.8 Å². The zero-order valence-electron chi connectivity index (χ0n) is 12.0. The van der Waals surface area contributed by atoms with E-state index in [9.17, 15) is 0 Å². The van der Waals surface area contributed by atoms with E-state index in [4.69, 9.17) is 15.9 Å². The maximum Gasteiger partial charge on any atom is 0.165 e. The third-order valence-corrected chi connectivity index (χ3v) is 2.69. The first-order valence-electron chi connectivity index (χ1n) is 6.64. The summed E-state index contributed by atoms with van der Waals surface area (Å²) in [4.78, 5) is 0. The van der Waals surface area contributed by atoms with E-state index in [2.05, 4.69) is 31.2 Å². The Morgan fingerprint density at radius 3 is 2.79 bits per heavy atom. The molecule has 1 rings (SSSR count). The second-order valence-corrected chi connectivity index (χ2v) is 4.64. The molecular formula is C16H23NO2. The van der Waals surface area contributed by atoms with Crippen molar-refractivity contribution < 1.29 is 9.47 Å². The minimum absolute atomic E-state index is 0.431. The molecule has 0 spiro atoms. The van der Waals surface area contributed by atoms with Crippen LogP contribution in [0, 0.1) is 12.3 Å². The van der Waals surface area contributed by atoms with Gasteiger partial charge in [-0.1, -0.05) is 26.0 Å². The first-order valence-corrected chi connectivity index (χ1v) is 6.64. The molecular weight excluding hydrogens is 238 g/mol. The summed E-state index contributed by atoms with van der Waals surface area (Å²) in [6.45, 7) is 5.61. The minimum Gasteiger partial charge on any atom is -0.493 e. The standard InChI is InChI=1S/C16H23NO2/c1-5-6-7-11-19-16-14(12-17-13(2)3)9-8-10-15(16)18-4/h1,8-10,13,17H,6-7,11-12H2,2-4H3. The molecule has 0 unspecified atom stereocenters. The topological polar surface area (TPSA) is 30.5 Å². The van der Waals surface area contributed by atoms with Crippen molar-refractivity contribution in [2.45, 2.75) is 39.3 Å². The Balaban J connectivity index is 2.75. The summed E-state index contributed by atoms with van der Waals surface area (Å²) < 4.78 is 11.2. The van der Waals surface area contributed by atoms with Crippen LogP contribution >= 0.6 is 0 Å². The molecule has 0 aromatic heterocycles. The second-order valence-electron chi connectivity index (χ2n) is 4.64. The third-order valence-electron chi connectivity index (χ3n) is 2.69. The molecule has 0 heterocycles. The average Bonchev–Trinajstić information content (AvgIpc) is 2.41. The molecule has 3 nitrogen and oxygen atoms in total. The molecule has 1 aromatic carbocycles. The number of nitrogens with one attached hydrogen (secondary N) is 1. The zero-order valence-corrected chi connectivity index (χ0v) is 12.0. The monoisotopic (exact) mass is 261 g/mol. The number of benzene rings is 1. The Labute approximate surface area is 116 Å². The lowest BCUT2D eigenvalue weighted by molar-refractivity contribution is 0.287. The highest BCUT2D eigenvalue weighted by atomic mass is 16.5.